The van der Waals surface area contributed by atoms with Gasteiger partial charge in [0, 0.05) is 6.04 Å². The van der Waals surface area contributed by atoms with Gasteiger partial charge in [0.15, 0.2) is 0 Å². The van der Waals surface area contributed by atoms with Gasteiger partial charge in [-0.3, -0.25) is 0 Å². The highest BCUT2D eigenvalue weighted by molar-refractivity contribution is 5.17. The van der Waals surface area contributed by atoms with Crippen molar-refractivity contribution >= 4 is 0 Å². The van der Waals surface area contributed by atoms with E-state index in [1.54, 1.807) is 0 Å². The van der Waals surface area contributed by atoms with E-state index < -0.39 is 0 Å². The van der Waals surface area contributed by atoms with Crippen LogP contribution < -0.4 is 10.6 Å². The van der Waals surface area contributed by atoms with Crippen LogP contribution in [0.25, 0.3) is 0 Å². The molecule has 1 aliphatic heterocycles. The van der Waals surface area contributed by atoms with E-state index in [1.807, 2.05) is 0 Å². The summed E-state index contributed by atoms with van der Waals surface area (Å²) in [6.07, 6.45) is 4.04. The van der Waals surface area contributed by atoms with E-state index in [2.05, 4.69) is 47.9 Å². The second-order valence-corrected chi connectivity index (χ2v) is 5.09. The van der Waals surface area contributed by atoms with E-state index in [4.69, 9.17) is 0 Å². The zero-order chi connectivity index (χ0) is 11.9. The summed E-state index contributed by atoms with van der Waals surface area (Å²) in [5, 5.41) is 7.10. The summed E-state index contributed by atoms with van der Waals surface area (Å²) in [6, 6.07) is 11.1. The van der Waals surface area contributed by atoms with Crippen LogP contribution in [0.3, 0.4) is 0 Å². The highest BCUT2D eigenvalue weighted by Gasteiger charge is 2.12. The Hall–Kier alpha value is -0.860. The van der Waals surface area contributed by atoms with E-state index in [0.717, 1.165) is 12.5 Å². The zero-order valence-corrected chi connectivity index (χ0v) is 10.8. The molecular weight excluding hydrogens is 208 g/mol. The first-order valence-electron chi connectivity index (χ1n) is 6.85. The standard InChI is InChI=1S/C15H24N2/c1-13(15-7-3-2-4-8-15)17-11-9-14-6-5-10-16-12-14/h2-4,7-8,13-14,16-17H,5-6,9-12H2,1H3. The van der Waals surface area contributed by atoms with Gasteiger partial charge in [0.25, 0.3) is 0 Å². The van der Waals surface area contributed by atoms with Crippen molar-refractivity contribution in [2.75, 3.05) is 19.6 Å². The molecule has 1 fully saturated rings. The number of hydrogen-bond acceptors (Lipinski definition) is 2. The van der Waals surface area contributed by atoms with Crippen LogP contribution in [0.4, 0.5) is 0 Å². The molecule has 2 atom stereocenters. The fourth-order valence-corrected chi connectivity index (χ4v) is 2.53. The topological polar surface area (TPSA) is 24.1 Å². The molecule has 0 aliphatic carbocycles. The number of rotatable bonds is 5. The number of nitrogens with one attached hydrogen (secondary N) is 2. The Morgan fingerprint density at radius 1 is 1.35 bits per heavy atom. The molecule has 2 heteroatoms. The molecule has 0 bridgehead atoms. The van der Waals surface area contributed by atoms with Crippen molar-refractivity contribution in [3.63, 3.8) is 0 Å². The number of hydrogen-bond donors (Lipinski definition) is 2. The lowest BCUT2D eigenvalue weighted by atomic mass is 9.96. The molecule has 0 radical (unpaired) electrons. The average Bonchev–Trinajstić information content (AvgIpc) is 2.41. The van der Waals surface area contributed by atoms with Gasteiger partial charge in [0.2, 0.25) is 0 Å². The average molecular weight is 232 g/mol. The molecule has 17 heavy (non-hydrogen) atoms. The van der Waals surface area contributed by atoms with E-state index in [0.29, 0.717) is 6.04 Å². The van der Waals surface area contributed by atoms with Gasteiger partial charge >= 0.3 is 0 Å². The van der Waals surface area contributed by atoms with Crippen LogP contribution >= 0.6 is 0 Å². The summed E-state index contributed by atoms with van der Waals surface area (Å²) in [5.41, 5.74) is 1.38. The SMILES string of the molecule is CC(NCCC1CCCNC1)c1ccccc1. The van der Waals surface area contributed by atoms with Crippen molar-refractivity contribution in [3.8, 4) is 0 Å². The fraction of sp³-hybridized carbons (Fsp3) is 0.600. The van der Waals surface area contributed by atoms with Gasteiger partial charge < -0.3 is 10.6 Å². The van der Waals surface area contributed by atoms with Gasteiger partial charge in [0.1, 0.15) is 0 Å². The molecule has 1 aromatic carbocycles. The molecule has 94 valence electrons. The Balaban J connectivity index is 1.67. The van der Waals surface area contributed by atoms with Crippen molar-refractivity contribution in [2.45, 2.75) is 32.2 Å². The minimum Gasteiger partial charge on any atom is -0.316 e. The van der Waals surface area contributed by atoms with Crippen LogP contribution in [-0.4, -0.2) is 19.6 Å². The number of piperidine rings is 1. The van der Waals surface area contributed by atoms with Crippen LogP contribution in [0.5, 0.6) is 0 Å². The van der Waals surface area contributed by atoms with Gasteiger partial charge in [-0.2, -0.15) is 0 Å². The molecule has 0 aromatic heterocycles. The summed E-state index contributed by atoms with van der Waals surface area (Å²) in [4.78, 5) is 0. The normalized spacial score (nSPS) is 22.3. The van der Waals surface area contributed by atoms with Crippen molar-refractivity contribution in [3.05, 3.63) is 35.9 Å². The highest BCUT2D eigenvalue weighted by atomic mass is 14.9. The van der Waals surface area contributed by atoms with Crippen LogP contribution in [0.15, 0.2) is 30.3 Å². The number of benzene rings is 1. The summed E-state index contributed by atoms with van der Waals surface area (Å²) < 4.78 is 0. The molecule has 0 amide bonds. The van der Waals surface area contributed by atoms with E-state index in [9.17, 15) is 0 Å². The van der Waals surface area contributed by atoms with Crippen molar-refractivity contribution in [1.29, 1.82) is 0 Å². The lowest BCUT2D eigenvalue weighted by molar-refractivity contribution is 0.347. The third kappa shape index (κ3) is 4.14. The zero-order valence-electron chi connectivity index (χ0n) is 10.8. The summed E-state index contributed by atoms with van der Waals surface area (Å²) in [5.74, 6) is 0.874. The molecule has 2 N–H and O–H groups in total. The molecular formula is C15H24N2. The summed E-state index contributed by atoms with van der Waals surface area (Å²) in [7, 11) is 0. The molecule has 0 spiro atoms. The lowest BCUT2D eigenvalue weighted by Crippen LogP contribution is -2.32. The second-order valence-electron chi connectivity index (χ2n) is 5.09. The minimum absolute atomic E-state index is 0.466. The molecule has 2 unspecified atom stereocenters. The van der Waals surface area contributed by atoms with E-state index in [-0.39, 0.29) is 0 Å². The Morgan fingerprint density at radius 3 is 2.88 bits per heavy atom. The molecule has 0 saturated carbocycles. The van der Waals surface area contributed by atoms with Crippen LogP contribution in [-0.2, 0) is 0 Å². The largest absolute Gasteiger partial charge is 0.316 e. The first-order chi connectivity index (χ1) is 8.36. The molecule has 1 aromatic rings. The Morgan fingerprint density at radius 2 is 2.18 bits per heavy atom. The molecule has 2 nitrogen and oxygen atoms in total. The minimum atomic E-state index is 0.466. The van der Waals surface area contributed by atoms with Gasteiger partial charge in [0.05, 0.1) is 0 Å². The van der Waals surface area contributed by atoms with Crippen LogP contribution in [0, 0.1) is 5.92 Å². The quantitative estimate of drug-likeness (QED) is 0.815. The fourth-order valence-electron chi connectivity index (χ4n) is 2.53. The Bertz CT molecular complexity index is 304. The van der Waals surface area contributed by atoms with Crippen LogP contribution in [0.1, 0.15) is 37.8 Å². The maximum Gasteiger partial charge on any atom is 0.0291 e. The third-order valence-corrected chi connectivity index (χ3v) is 3.70. The lowest BCUT2D eigenvalue weighted by Gasteiger charge is -2.23. The van der Waals surface area contributed by atoms with Crippen LogP contribution in [0.2, 0.25) is 0 Å². The van der Waals surface area contributed by atoms with E-state index in [1.165, 1.54) is 37.9 Å². The van der Waals surface area contributed by atoms with Crippen molar-refractivity contribution < 1.29 is 0 Å². The molecule has 2 rings (SSSR count). The smallest absolute Gasteiger partial charge is 0.0291 e. The van der Waals surface area contributed by atoms with Gasteiger partial charge in [-0.15, -0.1) is 0 Å². The second kappa shape index (κ2) is 6.77. The predicted molar refractivity (Wildman–Crippen MR) is 73.1 cm³/mol. The van der Waals surface area contributed by atoms with Gasteiger partial charge in [-0.1, -0.05) is 30.3 Å². The maximum absolute atomic E-state index is 3.62. The first-order valence-corrected chi connectivity index (χ1v) is 6.85. The van der Waals surface area contributed by atoms with Crippen molar-refractivity contribution in [1.82, 2.24) is 10.6 Å². The summed E-state index contributed by atoms with van der Waals surface area (Å²) >= 11 is 0. The molecule has 1 saturated heterocycles. The van der Waals surface area contributed by atoms with E-state index >= 15 is 0 Å². The molecule has 1 aliphatic rings. The highest BCUT2D eigenvalue weighted by Crippen LogP contribution is 2.15. The Kier molecular flexibility index (Phi) is 5.02. The summed E-state index contributed by atoms with van der Waals surface area (Å²) in [6.45, 7) is 5.79. The van der Waals surface area contributed by atoms with Crippen molar-refractivity contribution in [2.24, 2.45) is 5.92 Å². The first kappa shape index (κ1) is 12.6. The maximum atomic E-state index is 3.62. The Labute approximate surface area is 105 Å². The predicted octanol–water partition coefficient (Wildman–Crippen LogP) is 2.73. The van der Waals surface area contributed by atoms with Gasteiger partial charge in [-0.05, 0) is 57.3 Å². The molecule has 1 heterocycles. The van der Waals surface area contributed by atoms with Gasteiger partial charge in [-0.25, -0.2) is 0 Å². The third-order valence-electron chi connectivity index (χ3n) is 3.70. The monoisotopic (exact) mass is 232 g/mol.